The number of hydrogen-bond acceptors (Lipinski definition) is 3. The topological polar surface area (TPSA) is 49.4 Å². The molecule has 1 atom stereocenters. The monoisotopic (exact) mass is 326 g/mol. The molecule has 0 saturated carbocycles. The van der Waals surface area contributed by atoms with Gasteiger partial charge in [0, 0.05) is 44.6 Å². The molecule has 124 valence electrons. The van der Waals surface area contributed by atoms with Crippen molar-refractivity contribution in [3.8, 4) is 0 Å². The number of nitrogens with one attached hydrogen (secondary N) is 1. The van der Waals surface area contributed by atoms with Gasteiger partial charge in [0.25, 0.3) is 5.91 Å². The lowest BCUT2D eigenvalue weighted by Gasteiger charge is -2.22. The molecular formula is C16H17F3N2O2. The fourth-order valence-corrected chi connectivity index (χ4v) is 3.25. The van der Waals surface area contributed by atoms with Crippen LogP contribution in [0.15, 0.2) is 12.1 Å². The van der Waals surface area contributed by atoms with Crippen molar-refractivity contribution in [2.24, 2.45) is 5.92 Å². The van der Waals surface area contributed by atoms with Crippen LogP contribution in [0.2, 0.25) is 0 Å². The molecule has 3 rings (SSSR count). The van der Waals surface area contributed by atoms with Gasteiger partial charge < -0.3 is 10.2 Å². The number of ketones is 1. The van der Waals surface area contributed by atoms with Crippen LogP contribution in [0.5, 0.6) is 0 Å². The van der Waals surface area contributed by atoms with E-state index in [1.54, 1.807) is 0 Å². The second-order valence-corrected chi connectivity index (χ2v) is 6.15. The normalized spacial score (nSPS) is 21.7. The summed E-state index contributed by atoms with van der Waals surface area (Å²) in [5.74, 6) is -0.682. The van der Waals surface area contributed by atoms with Crippen molar-refractivity contribution in [1.29, 1.82) is 0 Å². The van der Waals surface area contributed by atoms with Crippen molar-refractivity contribution in [1.82, 2.24) is 10.2 Å². The van der Waals surface area contributed by atoms with E-state index < -0.39 is 17.6 Å². The molecule has 0 radical (unpaired) electrons. The summed E-state index contributed by atoms with van der Waals surface area (Å²) in [4.78, 5) is 25.2. The number of Topliss-reactive ketones (excluding diaryl/α,β-unsaturated/α-hetero) is 1. The molecule has 1 unspecified atom stereocenters. The van der Waals surface area contributed by atoms with Gasteiger partial charge in [0.05, 0.1) is 5.56 Å². The first-order valence-corrected chi connectivity index (χ1v) is 7.49. The first-order valence-electron chi connectivity index (χ1n) is 7.49. The van der Waals surface area contributed by atoms with Crippen LogP contribution in [-0.2, 0) is 23.9 Å². The molecule has 0 aromatic heterocycles. The number of carbonyl (C=O) groups is 2. The molecule has 23 heavy (non-hydrogen) atoms. The van der Waals surface area contributed by atoms with Gasteiger partial charge in [0.1, 0.15) is 5.78 Å². The van der Waals surface area contributed by atoms with E-state index in [0.29, 0.717) is 25.1 Å². The van der Waals surface area contributed by atoms with Crippen LogP contribution in [0.25, 0.3) is 0 Å². The summed E-state index contributed by atoms with van der Waals surface area (Å²) in [6.07, 6.45) is -3.90. The molecule has 1 N–H and O–H groups in total. The van der Waals surface area contributed by atoms with Crippen molar-refractivity contribution >= 4 is 11.7 Å². The van der Waals surface area contributed by atoms with Gasteiger partial charge in [-0.15, -0.1) is 0 Å². The van der Waals surface area contributed by atoms with Crippen LogP contribution in [0, 0.1) is 5.92 Å². The number of halogens is 3. The number of nitrogens with zero attached hydrogens (tertiary/aromatic N) is 1. The third-order valence-electron chi connectivity index (χ3n) is 4.46. The molecule has 1 fully saturated rings. The average Bonchev–Trinajstić information content (AvgIpc) is 2.75. The highest BCUT2D eigenvalue weighted by molar-refractivity contribution is 5.99. The third-order valence-corrected chi connectivity index (χ3v) is 4.46. The summed E-state index contributed by atoms with van der Waals surface area (Å²) in [6, 6.07) is 2.60. The zero-order valence-electron chi connectivity index (χ0n) is 12.7. The number of amides is 1. The molecule has 7 heteroatoms. The van der Waals surface area contributed by atoms with Crippen LogP contribution < -0.4 is 5.32 Å². The Balaban J connectivity index is 1.99. The molecule has 0 spiro atoms. The number of piperidine rings is 1. The van der Waals surface area contributed by atoms with Gasteiger partial charge in [0.15, 0.2) is 0 Å². The predicted octanol–water partition coefficient (Wildman–Crippen LogP) is 2.01. The number of hydrogen-bond donors (Lipinski definition) is 1. The zero-order valence-corrected chi connectivity index (χ0v) is 12.7. The van der Waals surface area contributed by atoms with Gasteiger partial charge in [0.2, 0.25) is 0 Å². The van der Waals surface area contributed by atoms with Gasteiger partial charge >= 0.3 is 6.18 Å². The lowest BCUT2D eigenvalue weighted by molar-refractivity contribution is -0.138. The molecule has 0 aliphatic carbocycles. The van der Waals surface area contributed by atoms with Crippen LogP contribution in [0.4, 0.5) is 13.2 Å². The number of alkyl halides is 3. The summed E-state index contributed by atoms with van der Waals surface area (Å²) >= 11 is 0. The minimum absolute atomic E-state index is 0.0295. The molecule has 1 aromatic carbocycles. The number of rotatable bonds is 2. The second kappa shape index (κ2) is 5.63. The van der Waals surface area contributed by atoms with E-state index in [9.17, 15) is 22.8 Å². The predicted molar refractivity (Wildman–Crippen MR) is 76.9 cm³/mol. The molecule has 2 heterocycles. The Labute approximate surface area is 131 Å². The Morgan fingerprint density at radius 1 is 1.30 bits per heavy atom. The summed E-state index contributed by atoms with van der Waals surface area (Å²) < 4.78 is 40.0. The van der Waals surface area contributed by atoms with E-state index in [-0.39, 0.29) is 35.8 Å². The van der Waals surface area contributed by atoms with E-state index >= 15 is 0 Å². The highest BCUT2D eigenvalue weighted by Crippen LogP contribution is 2.38. The average molecular weight is 326 g/mol. The van der Waals surface area contributed by atoms with Crippen LogP contribution >= 0.6 is 0 Å². The molecule has 2 aliphatic rings. The second-order valence-electron chi connectivity index (χ2n) is 6.15. The Bertz CT molecular complexity index is 670. The van der Waals surface area contributed by atoms with E-state index in [4.69, 9.17) is 0 Å². The maximum atomic E-state index is 13.3. The Hall–Kier alpha value is -1.89. The fraction of sp³-hybridized carbons (Fsp3) is 0.500. The molecule has 0 bridgehead atoms. The van der Waals surface area contributed by atoms with Crippen molar-refractivity contribution < 1.29 is 22.8 Å². The molecular weight excluding hydrogens is 309 g/mol. The third kappa shape index (κ3) is 2.97. The number of benzene rings is 1. The maximum Gasteiger partial charge on any atom is 0.416 e. The van der Waals surface area contributed by atoms with Gasteiger partial charge in [-0.2, -0.15) is 13.2 Å². The Morgan fingerprint density at radius 2 is 2.04 bits per heavy atom. The van der Waals surface area contributed by atoms with Gasteiger partial charge in [-0.25, -0.2) is 0 Å². The minimum Gasteiger partial charge on any atom is -0.337 e. The molecule has 4 nitrogen and oxygen atoms in total. The van der Waals surface area contributed by atoms with Crippen molar-refractivity contribution in [3.05, 3.63) is 34.4 Å². The highest BCUT2D eigenvalue weighted by atomic mass is 19.4. The number of fused-ring (bicyclic) bond motifs is 1. The molecule has 2 aliphatic heterocycles. The van der Waals surface area contributed by atoms with Gasteiger partial charge in [-0.3, -0.25) is 9.59 Å². The van der Waals surface area contributed by atoms with Crippen LogP contribution in [-0.4, -0.2) is 36.7 Å². The van der Waals surface area contributed by atoms with Crippen LogP contribution in [0.1, 0.15) is 33.5 Å². The number of carbonyl (C=O) groups excluding carboxylic acids is 2. The fourth-order valence-electron chi connectivity index (χ4n) is 3.25. The van der Waals surface area contributed by atoms with Crippen molar-refractivity contribution in [3.63, 3.8) is 0 Å². The van der Waals surface area contributed by atoms with Crippen molar-refractivity contribution in [2.75, 3.05) is 20.1 Å². The lowest BCUT2D eigenvalue weighted by atomic mass is 9.88. The summed E-state index contributed by atoms with van der Waals surface area (Å²) in [5, 5.41) is 3.08. The van der Waals surface area contributed by atoms with Crippen LogP contribution in [0.3, 0.4) is 0 Å². The molecule has 1 aromatic rings. The zero-order chi connectivity index (χ0) is 16.8. The standard InChI is InChI=1S/C16H17F3N2O2/c1-21-8-12-11(15(21)23)5-9(6-13(12)16(17,18)19)4-10-7-20-3-2-14(10)22/h5-6,10,20H,2-4,7-8H2,1H3. The minimum atomic E-state index is -4.51. The van der Waals surface area contributed by atoms with E-state index in [1.807, 2.05) is 0 Å². The highest BCUT2D eigenvalue weighted by Gasteiger charge is 2.39. The quantitative estimate of drug-likeness (QED) is 0.904. The summed E-state index contributed by atoms with van der Waals surface area (Å²) in [7, 11) is 1.48. The van der Waals surface area contributed by atoms with E-state index in [1.165, 1.54) is 18.0 Å². The maximum absolute atomic E-state index is 13.3. The van der Waals surface area contributed by atoms with Gasteiger partial charge in [-0.1, -0.05) is 0 Å². The van der Waals surface area contributed by atoms with Gasteiger partial charge in [-0.05, 0) is 29.7 Å². The first-order chi connectivity index (χ1) is 10.8. The first kappa shape index (κ1) is 16.0. The smallest absolute Gasteiger partial charge is 0.337 e. The Kier molecular flexibility index (Phi) is 3.91. The van der Waals surface area contributed by atoms with E-state index in [2.05, 4.69) is 5.32 Å². The summed E-state index contributed by atoms with van der Waals surface area (Å²) in [5.41, 5.74) is -0.240. The Morgan fingerprint density at radius 3 is 2.70 bits per heavy atom. The summed E-state index contributed by atoms with van der Waals surface area (Å²) in [6.45, 7) is 1.04. The van der Waals surface area contributed by atoms with E-state index in [0.717, 1.165) is 6.07 Å². The lowest BCUT2D eigenvalue weighted by Crippen LogP contribution is -2.38. The SMILES string of the molecule is CN1Cc2c(cc(CC3CNCCC3=O)cc2C(F)(F)F)C1=O. The van der Waals surface area contributed by atoms with Crippen molar-refractivity contribution in [2.45, 2.75) is 25.6 Å². The molecule has 1 amide bonds. The molecule has 1 saturated heterocycles. The largest absolute Gasteiger partial charge is 0.416 e.